The molecule has 2 aromatic heterocycles. The fraction of sp³-hybridized carbons (Fsp3) is 0.478. The number of H-pyrrole nitrogens is 1. The number of benzene rings is 1. The van der Waals surface area contributed by atoms with E-state index in [4.69, 9.17) is 9.72 Å². The van der Waals surface area contributed by atoms with Crippen molar-refractivity contribution in [3.63, 3.8) is 0 Å². The summed E-state index contributed by atoms with van der Waals surface area (Å²) in [6.45, 7) is 11.9. The van der Waals surface area contributed by atoms with E-state index in [2.05, 4.69) is 55.8 Å². The van der Waals surface area contributed by atoms with Crippen molar-refractivity contribution in [2.24, 2.45) is 0 Å². The first-order valence-electron chi connectivity index (χ1n) is 10.4. The number of fused-ring (bicyclic) bond motifs is 1. The number of nitrogens with zero attached hydrogens (tertiary/aromatic N) is 2. The third-order valence-corrected chi connectivity index (χ3v) is 6.09. The molecule has 0 amide bonds. The van der Waals surface area contributed by atoms with Crippen LogP contribution in [-0.2, 0) is 11.3 Å². The van der Waals surface area contributed by atoms with Gasteiger partial charge in [-0.15, -0.1) is 11.3 Å². The Morgan fingerprint density at radius 1 is 1.27 bits per heavy atom. The van der Waals surface area contributed by atoms with E-state index in [0.717, 1.165) is 27.1 Å². The van der Waals surface area contributed by atoms with Crippen molar-refractivity contribution >= 4 is 21.6 Å². The van der Waals surface area contributed by atoms with Gasteiger partial charge >= 0.3 is 0 Å². The fourth-order valence-corrected chi connectivity index (χ4v) is 4.48. The highest BCUT2D eigenvalue weighted by Gasteiger charge is 2.19. The van der Waals surface area contributed by atoms with E-state index in [1.54, 1.807) is 0 Å². The molecule has 30 heavy (non-hydrogen) atoms. The van der Waals surface area contributed by atoms with Crippen molar-refractivity contribution < 1.29 is 9.84 Å². The van der Waals surface area contributed by atoms with Crippen LogP contribution in [0.1, 0.15) is 37.7 Å². The summed E-state index contributed by atoms with van der Waals surface area (Å²) >= 11 is 1.49. The Hall–Kier alpha value is -2.06. The number of aliphatic hydroxyl groups excluding tert-OH is 1. The van der Waals surface area contributed by atoms with Gasteiger partial charge in [0.25, 0.3) is 5.56 Å². The van der Waals surface area contributed by atoms with Crippen LogP contribution < -0.4 is 5.56 Å². The molecule has 0 bridgehead atoms. The van der Waals surface area contributed by atoms with Gasteiger partial charge in [-0.1, -0.05) is 23.8 Å². The van der Waals surface area contributed by atoms with E-state index in [9.17, 15) is 9.90 Å². The van der Waals surface area contributed by atoms with E-state index < -0.39 is 6.10 Å². The standard InChI is InChI=1S/C23H31N3O3S/c1-6-29-12-17(27)10-26(14(2)3)11-20-24-22(28)21-19(13-30-23(21)25-20)18-9-15(4)7-8-16(18)5/h7-9,13-14,17,27H,6,10-12H2,1-5H3,(H,24,25,28)/t17-/m0/s1. The third-order valence-electron chi connectivity index (χ3n) is 5.22. The largest absolute Gasteiger partial charge is 0.389 e. The number of aliphatic hydroxyl groups is 1. The maximum atomic E-state index is 13.0. The Bertz CT molecular complexity index is 1060. The van der Waals surface area contributed by atoms with Gasteiger partial charge in [0.2, 0.25) is 0 Å². The molecular weight excluding hydrogens is 398 g/mol. The molecule has 0 spiro atoms. The van der Waals surface area contributed by atoms with Crippen molar-refractivity contribution in [1.82, 2.24) is 14.9 Å². The number of nitrogens with one attached hydrogen (secondary N) is 1. The zero-order chi connectivity index (χ0) is 21.8. The molecule has 0 radical (unpaired) electrons. The summed E-state index contributed by atoms with van der Waals surface area (Å²) in [7, 11) is 0. The average molecular weight is 430 g/mol. The van der Waals surface area contributed by atoms with Crippen LogP contribution in [0, 0.1) is 13.8 Å². The summed E-state index contributed by atoms with van der Waals surface area (Å²) in [6.07, 6.45) is -0.583. The van der Waals surface area contributed by atoms with Crippen molar-refractivity contribution in [3.05, 3.63) is 50.9 Å². The molecule has 0 fully saturated rings. The minimum atomic E-state index is -0.583. The van der Waals surface area contributed by atoms with Gasteiger partial charge in [-0.25, -0.2) is 4.98 Å². The first kappa shape index (κ1) is 22.6. The molecule has 162 valence electrons. The molecule has 7 heteroatoms. The van der Waals surface area contributed by atoms with Gasteiger partial charge in [-0.2, -0.15) is 0 Å². The Morgan fingerprint density at radius 3 is 2.73 bits per heavy atom. The Labute approximate surface area is 181 Å². The smallest absolute Gasteiger partial charge is 0.260 e. The number of thiophene rings is 1. The topological polar surface area (TPSA) is 78.5 Å². The molecule has 2 heterocycles. The first-order valence-corrected chi connectivity index (χ1v) is 11.3. The molecule has 3 aromatic rings. The summed E-state index contributed by atoms with van der Waals surface area (Å²) < 4.78 is 5.32. The summed E-state index contributed by atoms with van der Waals surface area (Å²) in [5.74, 6) is 0.610. The highest BCUT2D eigenvalue weighted by atomic mass is 32.1. The van der Waals surface area contributed by atoms with Gasteiger partial charge in [-0.05, 0) is 45.7 Å². The second kappa shape index (κ2) is 9.83. The lowest BCUT2D eigenvalue weighted by Crippen LogP contribution is -2.39. The van der Waals surface area contributed by atoms with E-state index >= 15 is 0 Å². The highest BCUT2D eigenvalue weighted by Crippen LogP contribution is 2.33. The quantitative estimate of drug-likeness (QED) is 0.540. The Balaban J connectivity index is 1.90. The van der Waals surface area contributed by atoms with Gasteiger partial charge in [-0.3, -0.25) is 9.69 Å². The van der Waals surface area contributed by atoms with Gasteiger partial charge in [0.1, 0.15) is 10.7 Å². The SMILES string of the molecule is CCOC[C@@H](O)CN(Cc1nc2scc(-c3cc(C)ccc3C)c2c(=O)[nH]1)C(C)C. The lowest BCUT2D eigenvalue weighted by atomic mass is 9.99. The minimum absolute atomic E-state index is 0.120. The molecule has 0 saturated heterocycles. The highest BCUT2D eigenvalue weighted by molar-refractivity contribution is 7.17. The van der Waals surface area contributed by atoms with Gasteiger partial charge in [0.05, 0.1) is 24.6 Å². The van der Waals surface area contributed by atoms with Crippen molar-refractivity contribution in [1.29, 1.82) is 0 Å². The number of ether oxygens (including phenoxy) is 1. The Kier molecular flexibility index (Phi) is 7.41. The van der Waals surface area contributed by atoms with Crippen LogP contribution in [0.4, 0.5) is 0 Å². The zero-order valence-corrected chi connectivity index (χ0v) is 19.2. The van der Waals surface area contributed by atoms with Crippen molar-refractivity contribution in [2.75, 3.05) is 19.8 Å². The number of hydrogen-bond donors (Lipinski definition) is 2. The normalized spacial score (nSPS) is 12.9. The zero-order valence-electron chi connectivity index (χ0n) is 18.4. The van der Waals surface area contributed by atoms with Crippen LogP contribution in [-0.4, -0.2) is 51.9 Å². The van der Waals surface area contributed by atoms with E-state index in [1.165, 1.54) is 11.3 Å². The summed E-state index contributed by atoms with van der Waals surface area (Å²) in [5.41, 5.74) is 4.19. The molecule has 1 aromatic carbocycles. The van der Waals surface area contributed by atoms with Crippen LogP contribution in [0.15, 0.2) is 28.4 Å². The maximum absolute atomic E-state index is 13.0. The monoisotopic (exact) mass is 429 g/mol. The molecule has 1 atom stereocenters. The number of aromatic nitrogens is 2. The number of aromatic amines is 1. The van der Waals surface area contributed by atoms with Gasteiger partial charge in [0.15, 0.2) is 0 Å². The number of hydrogen-bond acceptors (Lipinski definition) is 6. The average Bonchev–Trinajstić information content (AvgIpc) is 3.12. The van der Waals surface area contributed by atoms with Gasteiger partial charge in [0, 0.05) is 30.1 Å². The van der Waals surface area contributed by atoms with Crippen LogP contribution in [0.2, 0.25) is 0 Å². The summed E-state index contributed by atoms with van der Waals surface area (Å²) in [4.78, 5) is 23.5. The first-order chi connectivity index (χ1) is 14.3. The van der Waals surface area contributed by atoms with E-state index in [1.807, 2.05) is 12.3 Å². The Morgan fingerprint density at radius 2 is 2.03 bits per heavy atom. The summed E-state index contributed by atoms with van der Waals surface area (Å²) in [6, 6.07) is 6.47. The van der Waals surface area contributed by atoms with Crippen molar-refractivity contribution in [2.45, 2.75) is 53.3 Å². The lowest BCUT2D eigenvalue weighted by molar-refractivity contribution is 0.0127. The van der Waals surface area contributed by atoms with Crippen LogP contribution in [0.25, 0.3) is 21.3 Å². The molecule has 3 rings (SSSR count). The predicted octanol–water partition coefficient (Wildman–Crippen LogP) is 3.88. The van der Waals surface area contributed by atoms with Crippen LogP contribution in [0.5, 0.6) is 0 Å². The molecule has 0 aliphatic rings. The molecule has 2 N–H and O–H groups in total. The second-order valence-corrected chi connectivity index (χ2v) is 8.86. The van der Waals surface area contributed by atoms with Crippen molar-refractivity contribution in [3.8, 4) is 11.1 Å². The third kappa shape index (κ3) is 5.16. The molecule has 0 aliphatic carbocycles. The van der Waals surface area contributed by atoms with Crippen LogP contribution in [0.3, 0.4) is 0 Å². The molecule has 6 nitrogen and oxygen atoms in total. The molecular formula is C23H31N3O3S. The summed E-state index contributed by atoms with van der Waals surface area (Å²) in [5, 5.41) is 12.9. The predicted molar refractivity (Wildman–Crippen MR) is 123 cm³/mol. The second-order valence-electron chi connectivity index (χ2n) is 8.00. The fourth-order valence-electron chi connectivity index (χ4n) is 3.52. The van der Waals surface area contributed by atoms with E-state index in [0.29, 0.717) is 37.5 Å². The number of rotatable bonds is 9. The lowest BCUT2D eigenvalue weighted by Gasteiger charge is -2.28. The van der Waals surface area contributed by atoms with E-state index in [-0.39, 0.29) is 11.6 Å². The number of aryl methyl sites for hydroxylation is 2. The molecule has 0 unspecified atom stereocenters. The van der Waals surface area contributed by atoms with Crippen LogP contribution >= 0.6 is 11.3 Å². The molecule has 0 aliphatic heterocycles. The minimum Gasteiger partial charge on any atom is -0.389 e. The van der Waals surface area contributed by atoms with Gasteiger partial charge < -0.3 is 14.8 Å². The molecule has 0 saturated carbocycles. The maximum Gasteiger partial charge on any atom is 0.260 e.